The lowest BCUT2D eigenvalue weighted by Gasteiger charge is -2.35. The standard InChI is InChI=1S/C27H29NO6/c1-32-18-10-7-16(8-11-18)13-14-28-24(17-9-12-20(29)22(15-17)33-2)23-25(30)19-5-3-4-6-21(19)34-26(23)27(28)31/h7-12,15,19,21,24,29H,3-6,13-14H2,1-2H3. The number of fused-ring (bicyclic) bond motifs is 1. The third-order valence-corrected chi connectivity index (χ3v) is 7.18. The first kappa shape index (κ1) is 22.3. The van der Waals surface area contributed by atoms with Gasteiger partial charge in [-0.05, 0) is 61.1 Å². The predicted molar refractivity (Wildman–Crippen MR) is 125 cm³/mol. The highest BCUT2D eigenvalue weighted by molar-refractivity contribution is 6.11. The molecule has 1 N–H and O–H groups in total. The van der Waals surface area contributed by atoms with Crippen LogP contribution in [0.15, 0.2) is 53.8 Å². The number of phenolic OH excluding ortho intramolecular Hbond substituents is 1. The Labute approximate surface area is 198 Å². The van der Waals surface area contributed by atoms with Crippen molar-refractivity contribution in [2.45, 2.75) is 44.2 Å². The van der Waals surface area contributed by atoms with E-state index in [4.69, 9.17) is 14.2 Å². The molecule has 3 aliphatic rings. The number of hydrogen-bond acceptors (Lipinski definition) is 6. The summed E-state index contributed by atoms with van der Waals surface area (Å²) in [7, 11) is 3.10. The van der Waals surface area contributed by atoms with Gasteiger partial charge in [0.25, 0.3) is 5.91 Å². The molecule has 0 bridgehead atoms. The monoisotopic (exact) mass is 463 g/mol. The number of aromatic hydroxyl groups is 1. The van der Waals surface area contributed by atoms with Gasteiger partial charge in [-0.25, -0.2) is 0 Å². The van der Waals surface area contributed by atoms with Gasteiger partial charge in [0.15, 0.2) is 23.0 Å². The summed E-state index contributed by atoms with van der Waals surface area (Å²) in [6.07, 6.45) is 3.97. The molecule has 3 unspecified atom stereocenters. The van der Waals surface area contributed by atoms with Gasteiger partial charge in [0, 0.05) is 6.54 Å². The van der Waals surface area contributed by atoms with E-state index in [9.17, 15) is 14.7 Å². The topological polar surface area (TPSA) is 85.3 Å². The average Bonchev–Trinajstić information content (AvgIpc) is 3.15. The van der Waals surface area contributed by atoms with Crippen LogP contribution in [0.25, 0.3) is 0 Å². The molecule has 0 aromatic heterocycles. The van der Waals surface area contributed by atoms with E-state index in [0.29, 0.717) is 29.9 Å². The molecular formula is C27H29NO6. The number of nitrogens with zero attached hydrogens (tertiary/aromatic N) is 1. The number of methoxy groups -OCH3 is 2. The third kappa shape index (κ3) is 3.79. The number of carbonyl (C=O) groups is 2. The maximum Gasteiger partial charge on any atom is 0.290 e. The quantitative estimate of drug-likeness (QED) is 0.698. The summed E-state index contributed by atoms with van der Waals surface area (Å²) < 4.78 is 16.8. The fourth-order valence-electron chi connectivity index (χ4n) is 5.38. The normalized spacial score (nSPS) is 23.9. The van der Waals surface area contributed by atoms with E-state index in [1.54, 1.807) is 24.1 Å². The molecule has 0 saturated heterocycles. The van der Waals surface area contributed by atoms with Crippen molar-refractivity contribution < 1.29 is 28.9 Å². The Kier molecular flexibility index (Phi) is 5.94. The summed E-state index contributed by atoms with van der Waals surface area (Å²) in [6.45, 7) is 0.415. The third-order valence-electron chi connectivity index (χ3n) is 7.18. The zero-order valence-electron chi connectivity index (χ0n) is 19.5. The van der Waals surface area contributed by atoms with Crippen LogP contribution in [0.4, 0.5) is 0 Å². The van der Waals surface area contributed by atoms with Crippen molar-refractivity contribution in [2.75, 3.05) is 20.8 Å². The van der Waals surface area contributed by atoms with Crippen molar-refractivity contribution in [2.24, 2.45) is 5.92 Å². The number of Topliss-reactive ketones (excluding diaryl/α,β-unsaturated/α-hetero) is 1. The van der Waals surface area contributed by atoms with Gasteiger partial charge >= 0.3 is 0 Å². The van der Waals surface area contributed by atoms with Crippen molar-refractivity contribution in [1.29, 1.82) is 0 Å². The van der Waals surface area contributed by atoms with Gasteiger partial charge in [-0.2, -0.15) is 0 Å². The first-order valence-electron chi connectivity index (χ1n) is 11.8. The number of hydrogen-bond donors (Lipinski definition) is 1. The van der Waals surface area contributed by atoms with E-state index in [1.807, 2.05) is 24.3 Å². The second kappa shape index (κ2) is 9.05. The summed E-state index contributed by atoms with van der Waals surface area (Å²) in [5.41, 5.74) is 2.21. The Balaban J connectivity index is 1.51. The second-order valence-corrected chi connectivity index (χ2v) is 9.08. The lowest BCUT2D eigenvalue weighted by Crippen LogP contribution is -2.39. The predicted octanol–water partition coefficient (Wildman–Crippen LogP) is 3.95. The zero-order chi connectivity index (χ0) is 23.8. The van der Waals surface area contributed by atoms with Gasteiger partial charge < -0.3 is 24.2 Å². The van der Waals surface area contributed by atoms with Gasteiger partial charge in [0.1, 0.15) is 11.9 Å². The Morgan fingerprint density at radius 3 is 2.53 bits per heavy atom. The summed E-state index contributed by atoms with van der Waals surface area (Å²) in [5.74, 6) is 0.834. The summed E-state index contributed by atoms with van der Waals surface area (Å²) in [4.78, 5) is 29.0. The van der Waals surface area contributed by atoms with E-state index in [2.05, 4.69) is 0 Å². The molecule has 2 aliphatic heterocycles. The molecule has 2 heterocycles. The van der Waals surface area contributed by atoms with Crippen LogP contribution in [-0.2, 0) is 20.7 Å². The molecule has 1 fully saturated rings. The fourth-order valence-corrected chi connectivity index (χ4v) is 5.38. The van der Waals surface area contributed by atoms with Gasteiger partial charge in [-0.3, -0.25) is 9.59 Å². The van der Waals surface area contributed by atoms with Crippen molar-refractivity contribution in [3.05, 3.63) is 64.9 Å². The van der Waals surface area contributed by atoms with Crippen LogP contribution >= 0.6 is 0 Å². The molecule has 0 radical (unpaired) electrons. The summed E-state index contributed by atoms with van der Waals surface area (Å²) in [6, 6.07) is 12.1. The van der Waals surface area contributed by atoms with E-state index in [0.717, 1.165) is 37.0 Å². The largest absolute Gasteiger partial charge is 0.504 e. The molecule has 178 valence electrons. The smallest absolute Gasteiger partial charge is 0.290 e. The molecule has 5 rings (SSSR count). The van der Waals surface area contributed by atoms with Gasteiger partial charge in [-0.1, -0.05) is 24.6 Å². The van der Waals surface area contributed by atoms with E-state index in [-0.39, 0.29) is 35.2 Å². The van der Waals surface area contributed by atoms with E-state index >= 15 is 0 Å². The molecule has 34 heavy (non-hydrogen) atoms. The van der Waals surface area contributed by atoms with Crippen LogP contribution in [0.2, 0.25) is 0 Å². The first-order chi connectivity index (χ1) is 16.5. The summed E-state index contributed by atoms with van der Waals surface area (Å²) >= 11 is 0. The van der Waals surface area contributed by atoms with Crippen LogP contribution in [0.5, 0.6) is 17.2 Å². The molecule has 2 aromatic carbocycles. The minimum Gasteiger partial charge on any atom is -0.504 e. The molecule has 1 amide bonds. The molecule has 7 nitrogen and oxygen atoms in total. The molecule has 2 aromatic rings. The maximum atomic E-state index is 13.7. The fraction of sp³-hybridized carbons (Fsp3) is 0.407. The van der Waals surface area contributed by atoms with Gasteiger partial charge in [0.05, 0.1) is 31.8 Å². The Morgan fingerprint density at radius 1 is 1.03 bits per heavy atom. The number of amides is 1. The van der Waals surface area contributed by atoms with Crippen LogP contribution in [-0.4, -0.2) is 48.6 Å². The van der Waals surface area contributed by atoms with Crippen molar-refractivity contribution in [3.63, 3.8) is 0 Å². The average molecular weight is 464 g/mol. The van der Waals surface area contributed by atoms with Crippen LogP contribution < -0.4 is 9.47 Å². The lowest BCUT2D eigenvalue weighted by molar-refractivity contribution is -0.135. The molecule has 0 spiro atoms. The van der Waals surface area contributed by atoms with Crippen molar-refractivity contribution >= 4 is 11.7 Å². The minimum atomic E-state index is -0.578. The number of rotatable bonds is 6. The lowest BCUT2D eigenvalue weighted by atomic mass is 9.77. The molecule has 3 atom stereocenters. The van der Waals surface area contributed by atoms with Gasteiger partial charge in [-0.15, -0.1) is 0 Å². The van der Waals surface area contributed by atoms with E-state index in [1.165, 1.54) is 13.2 Å². The molecular weight excluding hydrogens is 434 g/mol. The Hall–Kier alpha value is -3.48. The molecule has 1 saturated carbocycles. The Bertz CT molecular complexity index is 1140. The van der Waals surface area contributed by atoms with Crippen molar-refractivity contribution in [3.8, 4) is 17.2 Å². The van der Waals surface area contributed by atoms with Crippen LogP contribution in [0.3, 0.4) is 0 Å². The number of carbonyl (C=O) groups excluding carboxylic acids is 2. The highest BCUT2D eigenvalue weighted by atomic mass is 16.5. The number of ketones is 1. The zero-order valence-corrected chi connectivity index (χ0v) is 19.5. The van der Waals surface area contributed by atoms with E-state index < -0.39 is 6.04 Å². The highest BCUT2D eigenvalue weighted by Crippen LogP contribution is 2.47. The number of phenols is 1. The maximum absolute atomic E-state index is 13.7. The number of benzene rings is 2. The minimum absolute atomic E-state index is 0.00752. The van der Waals surface area contributed by atoms with Gasteiger partial charge in [0.2, 0.25) is 0 Å². The molecule has 7 heteroatoms. The number of ether oxygens (including phenoxy) is 3. The van der Waals surface area contributed by atoms with Crippen LogP contribution in [0.1, 0.15) is 42.9 Å². The highest BCUT2D eigenvalue weighted by Gasteiger charge is 2.51. The summed E-state index contributed by atoms with van der Waals surface area (Å²) in [5, 5.41) is 10.1. The molecule has 1 aliphatic carbocycles. The van der Waals surface area contributed by atoms with Crippen molar-refractivity contribution in [1.82, 2.24) is 4.90 Å². The first-order valence-corrected chi connectivity index (χ1v) is 11.8. The second-order valence-electron chi connectivity index (χ2n) is 9.08. The Morgan fingerprint density at radius 2 is 1.79 bits per heavy atom. The van der Waals surface area contributed by atoms with Crippen LogP contribution in [0, 0.1) is 5.92 Å². The SMILES string of the molecule is COc1ccc(CCN2C(=O)C3=C(C(=O)C4CCCCC4O3)C2c2ccc(O)c(OC)c2)cc1.